The van der Waals surface area contributed by atoms with E-state index < -0.39 is 47.6 Å². The zero-order valence-electron chi connectivity index (χ0n) is 27.4. The quantitative estimate of drug-likeness (QED) is 0.260. The summed E-state index contributed by atoms with van der Waals surface area (Å²) >= 11 is 0. The predicted octanol–water partition coefficient (Wildman–Crippen LogP) is 3.49. The number of rotatable bonds is 6. The van der Waals surface area contributed by atoms with E-state index >= 15 is 0 Å². The standard InChI is InChI=1S/C35H37N5O8/c1-16(2)25-32-39-26(31-37-22(15-46-31)33(44)45-6)28(48-32)35-19-9-7-8-10-23(19)40(5)34(35)47-24-12-11-18(13-20(24)35)14-21(29(42)38-25)36-30(43)27(41)17(3)4/h7-13,15-17,21,25,27,34,41H,14H2,1-6H3,(H,36,43)(H,38,42)/t21-,25?,27-,34?,35?/m0/s1. The van der Waals surface area contributed by atoms with Gasteiger partial charge in [-0.25, -0.2) is 14.8 Å². The Morgan fingerprint density at radius 2 is 1.90 bits per heavy atom. The number of methoxy groups -OCH3 is 1. The van der Waals surface area contributed by atoms with E-state index in [1.54, 1.807) is 13.8 Å². The van der Waals surface area contributed by atoms with Crippen molar-refractivity contribution in [3.63, 3.8) is 0 Å². The zero-order valence-corrected chi connectivity index (χ0v) is 27.4. The van der Waals surface area contributed by atoms with Gasteiger partial charge in [0.1, 0.15) is 35.6 Å². The number of esters is 1. The molecule has 0 radical (unpaired) electrons. The van der Waals surface area contributed by atoms with Gasteiger partial charge in [-0.3, -0.25) is 9.59 Å². The first kappa shape index (κ1) is 31.4. The topological polar surface area (TPSA) is 169 Å². The molecular weight excluding hydrogens is 618 g/mol. The van der Waals surface area contributed by atoms with Crippen molar-refractivity contribution in [3.05, 3.63) is 82.8 Å². The number of oxazole rings is 2. The van der Waals surface area contributed by atoms with Gasteiger partial charge in [-0.2, -0.15) is 0 Å². The highest BCUT2D eigenvalue weighted by Crippen LogP contribution is 2.61. The Morgan fingerprint density at radius 1 is 1.12 bits per heavy atom. The van der Waals surface area contributed by atoms with Gasteiger partial charge < -0.3 is 38.9 Å². The number of benzene rings is 2. The van der Waals surface area contributed by atoms with Crippen molar-refractivity contribution in [1.29, 1.82) is 0 Å². The lowest BCUT2D eigenvalue weighted by atomic mass is 9.72. The van der Waals surface area contributed by atoms with E-state index in [9.17, 15) is 19.5 Å². The third-order valence-electron chi connectivity index (χ3n) is 9.45. The van der Waals surface area contributed by atoms with Crippen LogP contribution in [0.4, 0.5) is 5.69 Å². The van der Waals surface area contributed by atoms with E-state index in [1.807, 2.05) is 68.3 Å². The Balaban J connectivity index is 1.49. The number of likely N-dealkylation sites (N-methyl/N-ethyl adjacent to an activating group) is 1. The van der Waals surface area contributed by atoms with Gasteiger partial charge in [0.05, 0.1) is 7.11 Å². The molecule has 13 heteroatoms. The van der Waals surface area contributed by atoms with Crippen LogP contribution >= 0.6 is 0 Å². The molecule has 5 atom stereocenters. The average Bonchev–Trinajstić information content (AvgIpc) is 3.84. The number of aliphatic hydroxyl groups is 1. The number of carbonyl (C=O) groups is 3. The molecule has 3 unspecified atom stereocenters. The summed E-state index contributed by atoms with van der Waals surface area (Å²) in [6.07, 6.45) is -0.563. The maximum absolute atomic E-state index is 14.0. The van der Waals surface area contributed by atoms with Crippen molar-refractivity contribution in [1.82, 2.24) is 20.6 Å². The van der Waals surface area contributed by atoms with Crippen LogP contribution in [0.2, 0.25) is 0 Å². The van der Waals surface area contributed by atoms with E-state index in [0.29, 0.717) is 11.5 Å². The number of nitrogens with one attached hydrogen (secondary N) is 2. The third kappa shape index (κ3) is 4.67. The maximum atomic E-state index is 14.0. The zero-order chi connectivity index (χ0) is 34.1. The molecular formula is C35H37N5O8. The van der Waals surface area contributed by atoms with Crippen molar-refractivity contribution in [2.75, 3.05) is 19.1 Å². The van der Waals surface area contributed by atoms with Gasteiger partial charge in [0, 0.05) is 24.7 Å². The molecule has 0 saturated carbocycles. The van der Waals surface area contributed by atoms with E-state index in [1.165, 1.54) is 13.4 Å². The summed E-state index contributed by atoms with van der Waals surface area (Å²) in [5, 5.41) is 16.3. The number of anilines is 1. The molecule has 2 aromatic heterocycles. The minimum absolute atomic E-state index is 0.0293. The number of amides is 2. The Hall–Kier alpha value is -5.17. The summed E-state index contributed by atoms with van der Waals surface area (Å²) in [5.41, 5.74) is 2.43. The predicted molar refractivity (Wildman–Crippen MR) is 171 cm³/mol. The molecule has 3 aliphatic heterocycles. The summed E-state index contributed by atoms with van der Waals surface area (Å²) in [6, 6.07) is 11.8. The molecule has 2 amide bonds. The number of aromatic nitrogens is 2. The van der Waals surface area contributed by atoms with Crippen LogP contribution in [-0.4, -0.2) is 65.4 Å². The van der Waals surface area contributed by atoms with E-state index in [4.69, 9.17) is 23.3 Å². The number of hydrogen-bond donors (Lipinski definition) is 3. The Bertz CT molecular complexity index is 1930. The number of hydrogen-bond acceptors (Lipinski definition) is 11. The second kappa shape index (κ2) is 11.5. The minimum atomic E-state index is -1.30. The van der Waals surface area contributed by atoms with Crippen LogP contribution in [0.15, 0.2) is 57.6 Å². The van der Waals surface area contributed by atoms with Gasteiger partial charge in [0.25, 0.3) is 0 Å². The molecule has 3 N–H and O–H groups in total. The molecule has 2 aromatic carbocycles. The highest BCUT2D eigenvalue weighted by Gasteiger charge is 2.63. The monoisotopic (exact) mass is 655 g/mol. The molecule has 0 saturated heterocycles. The fourth-order valence-corrected chi connectivity index (χ4v) is 6.94. The average molecular weight is 656 g/mol. The van der Waals surface area contributed by atoms with Gasteiger partial charge in [-0.15, -0.1) is 0 Å². The van der Waals surface area contributed by atoms with E-state index in [-0.39, 0.29) is 41.4 Å². The molecule has 48 heavy (non-hydrogen) atoms. The molecule has 250 valence electrons. The first-order valence-corrected chi connectivity index (χ1v) is 15.9. The molecule has 4 bridgehead atoms. The number of carbonyl (C=O) groups excluding carboxylic acids is 3. The Kier molecular flexibility index (Phi) is 7.54. The first-order valence-electron chi connectivity index (χ1n) is 15.9. The number of ether oxygens (including phenoxy) is 2. The van der Waals surface area contributed by atoms with Crippen LogP contribution < -0.4 is 20.3 Å². The molecule has 5 heterocycles. The van der Waals surface area contributed by atoms with Crippen LogP contribution in [0, 0.1) is 11.8 Å². The maximum Gasteiger partial charge on any atom is 0.360 e. The second-order valence-corrected chi connectivity index (χ2v) is 13.2. The summed E-state index contributed by atoms with van der Waals surface area (Å²) in [6.45, 7) is 7.28. The van der Waals surface area contributed by atoms with Crippen LogP contribution in [0.5, 0.6) is 5.75 Å². The molecule has 0 fully saturated rings. The van der Waals surface area contributed by atoms with Crippen molar-refractivity contribution >= 4 is 23.5 Å². The van der Waals surface area contributed by atoms with E-state index in [0.717, 1.165) is 22.4 Å². The lowest BCUT2D eigenvalue weighted by molar-refractivity contribution is -0.135. The van der Waals surface area contributed by atoms with Crippen molar-refractivity contribution < 1.29 is 37.8 Å². The molecule has 4 aromatic rings. The number of para-hydroxylation sites is 1. The number of nitrogens with zero attached hydrogens (tertiary/aromatic N) is 3. The molecule has 1 spiro atoms. The molecule has 13 nitrogen and oxygen atoms in total. The SMILES string of the molecule is COC(=O)c1coc(-c2nc3oc2C24c5cc(ccc5OC2N(C)c2ccccc24)C[C@H](NC(=O)[C@@H](O)C(C)C)C(=O)NC3C(C)C)n1. The van der Waals surface area contributed by atoms with Gasteiger partial charge in [0.15, 0.2) is 23.4 Å². The lowest BCUT2D eigenvalue weighted by Crippen LogP contribution is -2.52. The van der Waals surface area contributed by atoms with Crippen LogP contribution in [0.25, 0.3) is 11.6 Å². The first-order chi connectivity index (χ1) is 22.9. The van der Waals surface area contributed by atoms with Crippen molar-refractivity contribution in [2.45, 2.75) is 63.9 Å². The minimum Gasteiger partial charge on any atom is -0.468 e. The Morgan fingerprint density at radius 3 is 2.62 bits per heavy atom. The van der Waals surface area contributed by atoms with E-state index in [2.05, 4.69) is 15.6 Å². The largest absolute Gasteiger partial charge is 0.468 e. The summed E-state index contributed by atoms with van der Waals surface area (Å²) in [7, 11) is 3.20. The summed E-state index contributed by atoms with van der Waals surface area (Å²) in [4.78, 5) is 50.9. The third-order valence-corrected chi connectivity index (χ3v) is 9.45. The smallest absolute Gasteiger partial charge is 0.360 e. The molecule has 3 aliphatic rings. The van der Waals surface area contributed by atoms with Crippen molar-refractivity contribution in [3.8, 4) is 17.3 Å². The summed E-state index contributed by atoms with van der Waals surface area (Å²) in [5.74, 6) is -1.17. The van der Waals surface area contributed by atoms with Crippen LogP contribution in [-0.2, 0) is 26.2 Å². The molecule has 7 rings (SSSR count). The highest BCUT2D eigenvalue weighted by atomic mass is 16.5. The second-order valence-electron chi connectivity index (χ2n) is 13.2. The van der Waals surface area contributed by atoms with Crippen LogP contribution in [0.3, 0.4) is 0 Å². The number of aliphatic hydroxyl groups excluding tert-OH is 1. The fraction of sp³-hybridized carbons (Fsp3) is 0.400. The van der Waals surface area contributed by atoms with Gasteiger partial charge in [0.2, 0.25) is 23.6 Å². The fourth-order valence-electron chi connectivity index (χ4n) is 6.94. The lowest BCUT2D eigenvalue weighted by Gasteiger charge is -2.30. The van der Waals surface area contributed by atoms with Crippen LogP contribution in [0.1, 0.15) is 72.6 Å². The normalized spacial score (nSPS) is 23.1. The highest BCUT2D eigenvalue weighted by molar-refractivity contribution is 5.90. The van der Waals surface area contributed by atoms with Crippen molar-refractivity contribution in [2.24, 2.45) is 11.8 Å². The van der Waals surface area contributed by atoms with Gasteiger partial charge in [-0.1, -0.05) is 58.0 Å². The van der Waals surface area contributed by atoms with Gasteiger partial charge >= 0.3 is 5.97 Å². The Labute approximate surface area is 276 Å². The van der Waals surface area contributed by atoms with Gasteiger partial charge in [-0.05, 0) is 35.1 Å². The summed E-state index contributed by atoms with van der Waals surface area (Å²) < 4.78 is 24.2. The molecule has 0 aliphatic carbocycles. The number of fused-ring (bicyclic) bond motifs is 4.